The lowest BCUT2D eigenvalue weighted by atomic mass is 9.91. The van der Waals surface area contributed by atoms with Crippen molar-refractivity contribution in [3.05, 3.63) is 53.3 Å². The van der Waals surface area contributed by atoms with Gasteiger partial charge in [0.1, 0.15) is 18.7 Å². The molecule has 0 fully saturated rings. The molecule has 0 aliphatic carbocycles. The van der Waals surface area contributed by atoms with Gasteiger partial charge < -0.3 is 10.5 Å². The summed E-state index contributed by atoms with van der Waals surface area (Å²) in [5, 5.41) is 7.32. The third kappa shape index (κ3) is 4.61. The molecule has 0 saturated heterocycles. The van der Waals surface area contributed by atoms with Crippen LogP contribution in [0.2, 0.25) is 0 Å². The molecule has 3 unspecified atom stereocenters. The van der Waals surface area contributed by atoms with Crippen molar-refractivity contribution in [2.45, 2.75) is 38.6 Å². The molecule has 0 saturated carbocycles. The van der Waals surface area contributed by atoms with Gasteiger partial charge in [-0.05, 0) is 35.2 Å². The molecule has 0 bridgehead atoms. The number of amidine groups is 1. The minimum atomic E-state index is -1.74. The molecule has 2 aromatic rings. The van der Waals surface area contributed by atoms with E-state index >= 15 is 0 Å². The number of halogens is 1. The molecule has 0 amide bonds. The molecule has 1 aliphatic rings. The summed E-state index contributed by atoms with van der Waals surface area (Å²) in [7, 11) is 2.19. The fraction of sp³-hybridized carbons (Fsp3) is 0.350. The van der Waals surface area contributed by atoms with Gasteiger partial charge in [0.25, 0.3) is 6.02 Å². The van der Waals surface area contributed by atoms with Crippen molar-refractivity contribution in [1.82, 2.24) is 4.98 Å². The maximum absolute atomic E-state index is 15.0. The van der Waals surface area contributed by atoms with Crippen LogP contribution < -0.4 is 5.73 Å². The van der Waals surface area contributed by atoms with Crippen LogP contribution in [-0.4, -0.2) is 23.0 Å². The number of ether oxygens (including phenoxy) is 1. The second-order valence-corrected chi connectivity index (χ2v) is 6.89. The summed E-state index contributed by atoms with van der Waals surface area (Å²) in [6.45, 7) is 5.84. The van der Waals surface area contributed by atoms with Crippen LogP contribution in [0.3, 0.4) is 0 Å². The number of hydrogen-bond acceptors (Lipinski definition) is 5. The summed E-state index contributed by atoms with van der Waals surface area (Å²) < 4.78 is 20.0. The van der Waals surface area contributed by atoms with Gasteiger partial charge >= 0.3 is 0 Å². The summed E-state index contributed by atoms with van der Waals surface area (Å²) in [6, 6.07) is 8.83. The summed E-state index contributed by atoms with van der Waals surface area (Å²) in [5.41, 5.74) is 9.52. The smallest absolute Gasteiger partial charge is 0.282 e. The van der Waals surface area contributed by atoms with Crippen LogP contribution in [0.5, 0.6) is 0 Å². The Balaban J connectivity index is 0.00000126. The van der Waals surface area contributed by atoms with Crippen LogP contribution in [0.1, 0.15) is 43.5 Å². The number of hydrogen-bond donors (Lipinski definition) is 1. The second kappa shape index (κ2) is 8.92. The summed E-state index contributed by atoms with van der Waals surface area (Å²) in [6.07, 6.45) is 3.92. The molecule has 3 rings (SSSR count). The van der Waals surface area contributed by atoms with Gasteiger partial charge in [-0.25, -0.2) is 9.38 Å². The molecule has 27 heavy (non-hydrogen) atoms. The predicted molar refractivity (Wildman–Crippen MR) is 109 cm³/mol. The van der Waals surface area contributed by atoms with E-state index in [0.717, 1.165) is 28.7 Å². The average Bonchev–Trinajstić information content (AvgIpc) is 2.71. The highest BCUT2D eigenvalue weighted by molar-refractivity contribution is 7.18. The predicted octanol–water partition coefficient (Wildman–Crippen LogP) is 4.14. The normalized spacial score (nSPS) is 21.2. The SMILES string of the molecule is CC.CCc1ccc(-c2cncc(C#N)c2)cc1C1N=C(N)OCC1(F)P. The molecule has 1 aliphatic heterocycles. The minimum absolute atomic E-state index is 0.0127. The van der Waals surface area contributed by atoms with Crippen molar-refractivity contribution in [3.8, 4) is 17.2 Å². The van der Waals surface area contributed by atoms with Gasteiger partial charge in [0.15, 0.2) is 5.41 Å². The van der Waals surface area contributed by atoms with E-state index in [1.807, 2.05) is 39.0 Å². The first-order chi connectivity index (χ1) is 12.9. The molecule has 1 aromatic carbocycles. The van der Waals surface area contributed by atoms with Crippen LogP contribution in [0.4, 0.5) is 4.39 Å². The van der Waals surface area contributed by atoms with E-state index in [9.17, 15) is 4.39 Å². The van der Waals surface area contributed by atoms with E-state index in [1.165, 1.54) is 6.20 Å². The molecule has 3 atom stereocenters. The van der Waals surface area contributed by atoms with E-state index in [-0.39, 0.29) is 12.6 Å². The van der Waals surface area contributed by atoms with Crippen LogP contribution in [-0.2, 0) is 11.2 Å². The van der Waals surface area contributed by atoms with E-state index in [0.29, 0.717) is 5.56 Å². The molecule has 142 valence electrons. The largest absolute Gasteiger partial charge is 0.462 e. The third-order valence-electron chi connectivity index (χ3n) is 4.17. The van der Waals surface area contributed by atoms with E-state index < -0.39 is 11.5 Å². The van der Waals surface area contributed by atoms with Gasteiger partial charge in [0, 0.05) is 18.0 Å². The van der Waals surface area contributed by atoms with Gasteiger partial charge in [-0.2, -0.15) is 5.26 Å². The quantitative estimate of drug-likeness (QED) is 0.804. The van der Waals surface area contributed by atoms with Crippen LogP contribution >= 0.6 is 9.24 Å². The number of nitrogens with zero attached hydrogens (tertiary/aromatic N) is 3. The van der Waals surface area contributed by atoms with Gasteiger partial charge in [0.2, 0.25) is 0 Å². The highest BCUT2D eigenvalue weighted by atomic mass is 31.0. The van der Waals surface area contributed by atoms with E-state index in [1.54, 1.807) is 12.3 Å². The number of benzene rings is 1. The lowest BCUT2D eigenvalue weighted by molar-refractivity contribution is 0.111. The molecule has 0 spiro atoms. The van der Waals surface area contributed by atoms with Crippen molar-refractivity contribution < 1.29 is 9.13 Å². The Bertz CT molecular complexity index is 877. The monoisotopic (exact) mass is 386 g/mol. The molecule has 0 radical (unpaired) electrons. The van der Waals surface area contributed by atoms with E-state index in [4.69, 9.17) is 15.7 Å². The topological polar surface area (TPSA) is 84.3 Å². The number of nitriles is 1. The Labute approximate surface area is 161 Å². The number of nitrogens with two attached hydrogens (primary N) is 1. The van der Waals surface area contributed by atoms with Gasteiger partial charge in [-0.1, -0.05) is 42.1 Å². The molecule has 5 nitrogen and oxygen atoms in total. The molecule has 7 heteroatoms. The lowest BCUT2D eigenvalue weighted by Crippen LogP contribution is -2.38. The fourth-order valence-corrected chi connectivity index (χ4v) is 3.21. The Hall–Kier alpha value is -2.51. The maximum atomic E-state index is 15.0. The van der Waals surface area contributed by atoms with Crippen molar-refractivity contribution >= 4 is 15.3 Å². The van der Waals surface area contributed by atoms with Gasteiger partial charge in [0.05, 0.1) is 5.56 Å². The molecule has 1 aromatic heterocycles. The number of pyridine rings is 1. The summed E-state index contributed by atoms with van der Waals surface area (Å²) >= 11 is 0. The first kappa shape index (κ1) is 20.8. The second-order valence-electron chi connectivity index (χ2n) is 5.93. The van der Waals surface area contributed by atoms with Gasteiger partial charge in [-0.3, -0.25) is 4.98 Å². The van der Waals surface area contributed by atoms with Crippen molar-refractivity contribution in [2.75, 3.05) is 6.61 Å². The first-order valence-corrected chi connectivity index (χ1v) is 9.44. The summed E-state index contributed by atoms with van der Waals surface area (Å²) in [5.74, 6) is 0. The number of rotatable bonds is 3. The first-order valence-electron chi connectivity index (χ1n) is 8.87. The fourth-order valence-electron chi connectivity index (χ4n) is 2.87. The van der Waals surface area contributed by atoms with E-state index in [2.05, 4.69) is 25.3 Å². The van der Waals surface area contributed by atoms with Crippen LogP contribution in [0.25, 0.3) is 11.1 Å². The van der Waals surface area contributed by atoms with Crippen molar-refractivity contribution in [1.29, 1.82) is 5.26 Å². The Morgan fingerprint density at radius 2 is 2.07 bits per heavy atom. The lowest BCUT2D eigenvalue weighted by Gasteiger charge is -2.32. The molecule has 2 heterocycles. The molecular weight excluding hydrogens is 362 g/mol. The highest BCUT2D eigenvalue weighted by Crippen LogP contribution is 2.43. The number of aryl methyl sites for hydroxylation is 1. The zero-order chi connectivity index (χ0) is 20.0. The minimum Gasteiger partial charge on any atom is -0.462 e. The van der Waals surface area contributed by atoms with Crippen molar-refractivity contribution in [2.24, 2.45) is 10.7 Å². The Morgan fingerprint density at radius 3 is 2.74 bits per heavy atom. The average molecular weight is 386 g/mol. The highest BCUT2D eigenvalue weighted by Gasteiger charge is 2.41. The van der Waals surface area contributed by atoms with Crippen molar-refractivity contribution in [3.63, 3.8) is 0 Å². The number of aromatic nitrogens is 1. The molecular formula is C20H24FN4OP. The number of alkyl halides is 1. The Morgan fingerprint density at radius 1 is 1.33 bits per heavy atom. The third-order valence-corrected chi connectivity index (χ3v) is 4.66. The molecule has 2 N–H and O–H groups in total. The van der Waals surface area contributed by atoms with Crippen LogP contribution in [0.15, 0.2) is 41.7 Å². The standard InChI is InChI=1S/C18H18FN4OP.C2H6/c1-2-12-3-4-13(14-5-11(7-20)8-22-9-14)6-15(12)16-18(19,25)10-24-17(21)23-16;1-2/h3-6,8-9,16H,2,10,25H2,1H3,(H2,21,23);1-2H3. The maximum Gasteiger partial charge on any atom is 0.282 e. The Kier molecular flexibility index (Phi) is 6.87. The summed E-state index contributed by atoms with van der Waals surface area (Å²) in [4.78, 5) is 8.28. The number of aliphatic imine (C=N–C) groups is 1. The van der Waals surface area contributed by atoms with Gasteiger partial charge in [-0.15, -0.1) is 0 Å². The van der Waals surface area contributed by atoms with Crippen LogP contribution in [0, 0.1) is 11.3 Å². The zero-order valence-corrected chi connectivity index (χ0v) is 16.9. The zero-order valence-electron chi connectivity index (χ0n) is 15.7.